The minimum atomic E-state index is -3.58. The number of nitrogens with zero attached hydrogens (tertiary/aromatic N) is 2. The third-order valence-corrected chi connectivity index (χ3v) is 7.87. The van der Waals surface area contributed by atoms with Gasteiger partial charge in [-0.2, -0.15) is 5.43 Å². The summed E-state index contributed by atoms with van der Waals surface area (Å²) in [6.07, 6.45) is 4.85. The van der Waals surface area contributed by atoms with E-state index in [1.54, 1.807) is 31.2 Å². The molecule has 1 aliphatic rings. The van der Waals surface area contributed by atoms with Crippen LogP contribution in [-0.4, -0.2) is 82.9 Å². The van der Waals surface area contributed by atoms with Crippen LogP contribution in [0.3, 0.4) is 0 Å². The smallest absolute Gasteiger partial charge is 0.305 e. The first-order valence-electron chi connectivity index (χ1n) is 13.4. The van der Waals surface area contributed by atoms with E-state index < -0.39 is 16.1 Å². The summed E-state index contributed by atoms with van der Waals surface area (Å²) in [5.74, 6) is -0.291. The van der Waals surface area contributed by atoms with Gasteiger partial charge in [0.2, 0.25) is 10.0 Å². The number of esters is 1. The van der Waals surface area contributed by atoms with Gasteiger partial charge < -0.3 is 19.3 Å². The van der Waals surface area contributed by atoms with Crippen LogP contribution >= 0.6 is 0 Å². The van der Waals surface area contributed by atoms with Crippen molar-refractivity contribution in [2.75, 3.05) is 63.0 Å². The summed E-state index contributed by atoms with van der Waals surface area (Å²) in [4.78, 5) is 14.1. The molecule has 1 saturated heterocycles. The fourth-order valence-electron chi connectivity index (χ4n) is 3.90. The molecule has 37 heavy (non-hydrogen) atoms. The van der Waals surface area contributed by atoms with E-state index >= 15 is 0 Å². The molecule has 1 heterocycles. The average Bonchev–Trinajstić information content (AvgIpc) is 2.91. The number of nitrogens with one attached hydrogen (secondary N) is 1. The Balaban J connectivity index is 1.67. The summed E-state index contributed by atoms with van der Waals surface area (Å²) < 4.78 is 42.5. The average molecular weight is 544 g/mol. The molecule has 2 rings (SSSR count). The second-order valence-corrected chi connectivity index (χ2v) is 11.2. The molecule has 1 aliphatic heterocycles. The fraction of sp³-hybridized carbons (Fsp3) is 0.731. The lowest BCUT2D eigenvalue weighted by atomic mass is 10.0. The highest BCUT2D eigenvalue weighted by Crippen LogP contribution is 2.24. The van der Waals surface area contributed by atoms with Crippen molar-refractivity contribution in [3.63, 3.8) is 0 Å². The predicted molar refractivity (Wildman–Crippen MR) is 144 cm³/mol. The van der Waals surface area contributed by atoms with Gasteiger partial charge >= 0.3 is 5.97 Å². The zero-order valence-electron chi connectivity index (χ0n) is 22.4. The number of aliphatic hydroxyl groups excluding tert-OH is 1. The molecule has 1 aromatic carbocycles. The predicted octanol–water partition coefficient (Wildman–Crippen LogP) is 2.98. The zero-order valence-corrected chi connectivity index (χ0v) is 23.2. The van der Waals surface area contributed by atoms with Crippen LogP contribution in [-0.2, 0) is 29.0 Å². The van der Waals surface area contributed by atoms with Gasteiger partial charge in [-0.05, 0) is 43.9 Å². The number of hydrogen-bond acceptors (Lipinski definition) is 9. The molecular weight excluding hydrogens is 498 g/mol. The highest BCUT2D eigenvalue weighted by molar-refractivity contribution is 7.92. The molecule has 11 heteroatoms. The maximum atomic E-state index is 12.6. The molecule has 0 aliphatic carbocycles. The number of hydrazine groups is 1. The number of aliphatic hydroxyl groups is 1. The standard InChI is InChI=1S/C26H45N3O7S/c1-3-5-6-9-25(30)23-11-13-24(14-12-23)29(37(32,33)4-2)27-22-35-18-8-7-10-26(31)36-21-17-28-15-19-34-20-16-28/h11-14,25,27,30H,3-10,15-22H2,1-2H3. The van der Waals surface area contributed by atoms with Crippen molar-refractivity contribution >= 4 is 21.7 Å². The van der Waals surface area contributed by atoms with Crippen LogP contribution in [0.25, 0.3) is 0 Å². The van der Waals surface area contributed by atoms with Gasteiger partial charge in [0.05, 0.1) is 30.8 Å². The second-order valence-electron chi connectivity index (χ2n) is 9.11. The number of carbonyl (C=O) groups is 1. The topological polar surface area (TPSA) is 118 Å². The van der Waals surface area contributed by atoms with Crippen LogP contribution in [0.2, 0.25) is 0 Å². The number of benzene rings is 1. The Bertz CT molecular complexity index is 861. The van der Waals surface area contributed by atoms with Gasteiger partial charge in [0.25, 0.3) is 0 Å². The van der Waals surface area contributed by atoms with Gasteiger partial charge in [0.15, 0.2) is 0 Å². The van der Waals surface area contributed by atoms with Gasteiger partial charge in [-0.3, -0.25) is 9.69 Å². The molecule has 0 saturated carbocycles. The lowest BCUT2D eigenvalue weighted by Crippen LogP contribution is -2.45. The highest BCUT2D eigenvalue weighted by Gasteiger charge is 2.21. The Hall–Kier alpha value is -1.76. The largest absolute Gasteiger partial charge is 0.464 e. The summed E-state index contributed by atoms with van der Waals surface area (Å²) in [7, 11) is -3.58. The Morgan fingerprint density at radius 1 is 1.11 bits per heavy atom. The Labute approximate surface area is 222 Å². The SMILES string of the molecule is CCCCCC(O)c1ccc(N(NCOCCCCC(=O)OCCN2CCOCC2)S(=O)(=O)CC)cc1. The lowest BCUT2D eigenvalue weighted by molar-refractivity contribution is -0.144. The first-order chi connectivity index (χ1) is 17.9. The van der Waals surface area contributed by atoms with Crippen LogP contribution in [0.1, 0.15) is 70.5 Å². The molecule has 0 spiro atoms. The summed E-state index contributed by atoms with van der Waals surface area (Å²) in [5.41, 5.74) is 4.05. The molecule has 0 radical (unpaired) electrons. The molecule has 1 atom stereocenters. The minimum Gasteiger partial charge on any atom is -0.464 e. The second kappa shape index (κ2) is 17.7. The number of carbonyl (C=O) groups excluding carboxylic acids is 1. The van der Waals surface area contributed by atoms with Crippen molar-refractivity contribution in [1.29, 1.82) is 0 Å². The maximum Gasteiger partial charge on any atom is 0.305 e. The third-order valence-electron chi connectivity index (χ3n) is 6.24. The van der Waals surface area contributed by atoms with E-state index in [1.165, 1.54) is 0 Å². The zero-order chi connectivity index (χ0) is 26.9. The van der Waals surface area contributed by atoms with Gasteiger partial charge in [0.1, 0.15) is 13.3 Å². The molecule has 0 bridgehead atoms. The van der Waals surface area contributed by atoms with Crippen LogP contribution in [0, 0.1) is 0 Å². The molecule has 2 N–H and O–H groups in total. The van der Waals surface area contributed by atoms with Gasteiger partial charge in [0, 0.05) is 32.7 Å². The number of sulfonamides is 1. The fourth-order valence-corrected chi connectivity index (χ4v) is 4.85. The van der Waals surface area contributed by atoms with E-state index in [0.29, 0.717) is 44.6 Å². The lowest BCUT2D eigenvalue weighted by Gasteiger charge is -2.26. The molecule has 10 nitrogen and oxygen atoms in total. The van der Waals surface area contributed by atoms with Crippen LogP contribution in [0.4, 0.5) is 5.69 Å². The van der Waals surface area contributed by atoms with Crippen molar-refractivity contribution in [3.8, 4) is 0 Å². The Morgan fingerprint density at radius 2 is 1.84 bits per heavy atom. The molecule has 0 amide bonds. The van der Waals surface area contributed by atoms with E-state index in [9.17, 15) is 18.3 Å². The Kier molecular flexibility index (Phi) is 15.0. The van der Waals surface area contributed by atoms with Crippen LogP contribution in [0.5, 0.6) is 0 Å². The number of hydrogen-bond donors (Lipinski definition) is 2. The monoisotopic (exact) mass is 543 g/mol. The van der Waals surface area contributed by atoms with Crippen molar-refractivity contribution in [1.82, 2.24) is 10.3 Å². The van der Waals surface area contributed by atoms with Gasteiger partial charge in [-0.1, -0.05) is 38.3 Å². The van der Waals surface area contributed by atoms with Crippen molar-refractivity contribution < 1.29 is 32.5 Å². The van der Waals surface area contributed by atoms with E-state index in [2.05, 4.69) is 17.2 Å². The van der Waals surface area contributed by atoms with Crippen LogP contribution < -0.4 is 9.84 Å². The summed E-state index contributed by atoms with van der Waals surface area (Å²) in [6, 6.07) is 6.88. The van der Waals surface area contributed by atoms with Crippen molar-refractivity contribution in [3.05, 3.63) is 29.8 Å². The molecule has 0 aromatic heterocycles. The molecule has 1 fully saturated rings. The van der Waals surface area contributed by atoms with Crippen LogP contribution in [0.15, 0.2) is 24.3 Å². The van der Waals surface area contributed by atoms with E-state index in [-0.39, 0.29) is 18.5 Å². The number of morpholine rings is 1. The number of anilines is 1. The number of rotatable bonds is 19. The quantitative estimate of drug-likeness (QED) is 0.117. The van der Waals surface area contributed by atoms with E-state index in [1.807, 2.05) is 0 Å². The Morgan fingerprint density at radius 3 is 2.51 bits per heavy atom. The first kappa shape index (κ1) is 31.5. The highest BCUT2D eigenvalue weighted by atomic mass is 32.2. The first-order valence-corrected chi connectivity index (χ1v) is 15.1. The van der Waals surface area contributed by atoms with E-state index in [4.69, 9.17) is 14.2 Å². The van der Waals surface area contributed by atoms with E-state index in [0.717, 1.165) is 62.1 Å². The summed E-state index contributed by atoms with van der Waals surface area (Å²) in [6.45, 7) is 8.38. The minimum absolute atomic E-state index is 0.00458. The summed E-state index contributed by atoms with van der Waals surface area (Å²) >= 11 is 0. The van der Waals surface area contributed by atoms with Gasteiger partial charge in [-0.25, -0.2) is 12.8 Å². The molecule has 1 aromatic rings. The molecule has 1 unspecified atom stereocenters. The third kappa shape index (κ3) is 12.1. The van der Waals surface area contributed by atoms with Crippen molar-refractivity contribution in [2.45, 2.75) is 64.9 Å². The molecular formula is C26H45N3O7S. The normalized spacial score (nSPS) is 15.4. The number of ether oxygens (including phenoxy) is 3. The maximum absolute atomic E-state index is 12.6. The van der Waals surface area contributed by atoms with Gasteiger partial charge in [-0.15, -0.1) is 0 Å². The van der Waals surface area contributed by atoms with Crippen molar-refractivity contribution in [2.24, 2.45) is 0 Å². The number of unbranched alkanes of at least 4 members (excludes halogenated alkanes) is 3. The summed E-state index contributed by atoms with van der Waals surface area (Å²) in [5, 5.41) is 10.4. The molecule has 212 valence electrons.